The minimum atomic E-state index is -4.39. The van der Waals surface area contributed by atoms with Crippen molar-refractivity contribution >= 4 is 23.4 Å². The van der Waals surface area contributed by atoms with Crippen LogP contribution in [0.2, 0.25) is 0 Å². The third kappa shape index (κ3) is 6.84. The lowest BCUT2D eigenvalue weighted by Crippen LogP contribution is -3.08. The quantitative estimate of drug-likeness (QED) is 0.544. The molecule has 0 saturated carbocycles. The Kier molecular flexibility index (Phi) is 7.20. The maximum Gasteiger partial charge on any atom is 0.416 e. The lowest BCUT2D eigenvalue weighted by molar-refractivity contribution is -0.885. The van der Waals surface area contributed by atoms with Crippen LogP contribution in [0.1, 0.15) is 11.1 Å². The van der Waals surface area contributed by atoms with Gasteiger partial charge in [-0.2, -0.15) is 22.0 Å². The van der Waals surface area contributed by atoms with Crippen molar-refractivity contribution < 1.29 is 31.6 Å². The van der Waals surface area contributed by atoms with Crippen LogP contribution in [0.25, 0.3) is 0 Å². The minimum Gasteiger partial charge on any atom is -0.326 e. The van der Waals surface area contributed by atoms with Crippen molar-refractivity contribution in [2.75, 3.05) is 18.9 Å². The summed E-state index contributed by atoms with van der Waals surface area (Å²) >= 11 is 0.345. The van der Waals surface area contributed by atoms with Crippen LogP contribution in [0.3, 0.4) is 0 Å². The first-order valence-electron chi connectivity index (χ1n) is 7.96. The van der Waals surface area contributed by atoms with E-state index in [1.165, 1.54) is 24.3 Å². The summed E-state index contributed by atoms with van der Waals surface area (Å²) in [6, 6.07) is 11.0. The first-order valence-corrected chi connectivity index (χ1v) is 8.84. The Bertz CT molecular complexity index is 765. The molecule has 0 bridgehead atoms. The van der Waals surface area contributed by atoms with E-state index in [0.29, 0.717) is 29.6 Å². The van der Waals surface area contributed by atoms with Gasteiger partial charge in [-0.1, -0.05) is 36.0 Å². The van der Waals surface area contributed by atoms with Gasteiger partial charge in [0.1, 0.15) is 6.54 Å². The molecule has 146 valence electrons. The molecule has 1 atom stereocenters. The predicted octanol–water partition coefficient (Wildman–Crippen LogP) is 3.67. The minimum absolute atomic E-state index is 0.0364. The molecular formula is C18H18F5N2OS+. The SMILES string of the molecule is C[NH+](CC(=O)Nc1ccccc1SC(F)F)Cc1ccc(C(F)(F)F)cc1. The Morgan fingerprint density at radius 3 is 2.33 bits per heavy atom. The number of carbonyl (C=O) groups is 1. The second-order valence-electron chi connectivity index (χ2n) is 5.93. The van der Waals surface area contributed by atoms with E-state index >= 15 is 0 Å². The van der Waals surface area contributed by atoms with Crippen molar-refractivity contribution in [2.45, 2.75) is 23.4 Å². The molecule has 27 heavy (non-hydrogen) atoms. The van der Waals surface area contributed by atoms with Gasteiger partial charge in [-0.15, -0.1) is 0 Å². The van der Waals surface area contributed by atoms with Crippen LogP contribution in [-0.2, 0) is 17.5 Å². The zero-order valence-corrected chi connectivity index (χ0v) is 15.1. The van der Waals surface area contributed by atoms with Crippen LogP contribution in [0.4, 0.5) is 27.6 Å². The lowest BCUT2D eigenvalue weighted by Gasteiger charge is -2.15. The topological polar surface area (TPSA) is 33.5 Å². The van der Waals surface area contributed by atoms with Gasteiger partial charge in [-0.3, -0.25) is 4.79 Å². The summed E-state index contributed by atoms with van der Waals surface area (Å²) < 4.78 is 62.8. The highest BCUT2D eigenvalue weighted by atomic mass is 32.2. The molecule has 2 aromatic rings. The van der Waals surface area contributed by atoms with E-state index in [-0.39, 0.29) is 17.3 Å². The average molecular weight is 405 g/mol. The fourth-order valence-corrected chi connectivity index (χ4v) is 3.05. The van der Waals surface area contributed by atoms with Crippen molar-refractivity contribution in [3.8, 4) is 0 Å². The molecule has 0 radical (unpaired) electrons. The zero-order valence-electron chi connectivity index (χ0n) is 14.3. The van der Waals surface area contributed by atoms with Gasteiger partial charge in [0.25, 0.3) is 11.7 Å². The molecule has 0 spiro atoms. The predicted molar refractivity (Wildman–Crippen MR) is 93.8 cm³/mol. The summed E-state index contributed by atoms with van der Waals surface area (Å²) in [5.74, 6) is -2.97. The number of nitrogens with one attached hydrogen (secondary N) is 2. The molecular weight excluding hydrogens is 387 g/mol. The molecule has 1 unspecified atom stereocenters. The lowest BCUT2D eigenvalue weighted by atomic mass is 10.1. The number of anilines is 1. The van der Waals surface area contributed by atoms with Crippen molar-refractivity contribution in [1.82, 2.24) is 0 Å². The summed E-state index contributed by atoms with van der Waals surface area (Å²) in [5.41, 5.74) is 0.229. The Morgan fingerprint density at radius 1 is 1.11 bits per heavy atom. The molecule has 9 heteroatoms. The number of quaternary nitrogens is 1. The largest absolute Gasteiger partial charge is 0.416 e. The molecule has 2 N–H and O–H groups in total. The number of carbonyl (C=O) groups excluding carboxylic acids is 1. The van der Waals surface area contributed by atoms with Crippen molar-refractivity contribution in [1.29, 1.82) is 0 Å². The van der Waals surface area contributed by atoms with Gasteiger partial charge < -0.3 is 10.2 Å². The zero-order chi connectivity index (χ0) is 20.0. The van der Waals surface area contributed by atoms with E-state index in [4.69, 9.17) is 0 Å². The van der Waals surface area contributed by atoms with Crippen LogP contribution in [0, 0.1) is 0 Å². The van der Waals surface area contributed by atoms with E-state index < -0.39 is 17.5 Å². The van der Waals surface area contributed by atoms with E-state index in [1.54, 1.807) is 19.2 Å². The first-order chi connectivity index (χ1) is 12.6. The molecule has 0 aromatic heterocycles. The first kappa shape index (κ1) is 21.2. The standard InChI is InChI=1S/C18H17F5N2OS/c1-25(10-12-6-8-13(9-7-12)18(21,22)23)11-16(26)24-14-4-2-3-5-15(14)27-17(19)20/h2-9,17H,10-11H2,1H3,(H,24,26)/p+1. The molecule has 2 aromatic carbocycles. The number of alkyl halides is 5. The highest BCUT2D eigenvalue weighted by Crippen LogP contribution is 2.31. The molecule has 0 aliphatic rings. The Hall–Kier alpha value is -2.13. The number of rotatable bonds is 7. The molecule has 0 aliphatic heterocycles. The summed E-state index contributed by atoms with van der Waals surface area (Å²) in [6.07, 6.45) is -4.39. The molecule has 0 aliphatic carbocycles. The van der Waals surface area contributed by atoms with E-state index in [9.17, 15) is 26.7 Å². The van der Waals surface area contributed by atoms with E-state index in [0.717, 1.165) is 17.0 Å². The van der Waals surface area contributed by atoms with Crippen molar-refractivity contribution in [2.24, 2.45) is 0 Å². The number of halogens is 5. The third-order valence-corrected chi connectivity index (χ3v) is 4.41. The molecule has 2 rings (SSSR count). The highest BCUT2D eigenvalue weighted by Gasteiger charge is 2.30. The fourth-order valence-electron chi connectivity index (χ4n) is 2.46. The van der Waals surface area contributed by atoms with Crippen LogP contribution >= 0.6 is 11.8 Å². The second-order valence-corrected chi connectivity index (χ2v) is 6.96. The summed E-state index contributed by atoms with van der Waals surface area (Å²) in [5, 5.41) is 2.60. The number of benzene rings is 2. The van der Waals surface area contributed by atoms with Gasteiger partial charge >= 0.3 is 6.18 Å². The van der Waals surface area contributed by atoms with Crippen LogP contribution in [0.15, 0.2) is 53.4 Å². The third-order valence-electron chi connectivity index (χ3n) is 3.63. The number of hydrogen-bond acceptors (Lipinski definition) is 2. The van der Waals surface area contributed by atoms with E-state index in [1.807, 2.05) is 0 Å². The maximum absolute atomic E-state index is 12.6. The number of hydrogen-bond donors (Lipinski definition) is 2. The summed E-state index contributed by atoms with van der Waals surface area (Å²) in [6.45, 7) is 0.383. The number of likely N-dealkylation sites (N-methyl/N-ethyl adjacent to an activating group) is 1. The van der Waals surface area contributed by atoms with Gasteiger partial charge in [0, 0.05) is 10.5 Å². The van der Waals surface area contributed by atoms with Gasteiger partial charge in [-0.25, -0.2) is 0 Å². The summed E-state index contributed by atoms with van der Waals surface area (Å²) in [7, 11) is 1.72. The molecule has 0 fully saturated rings. The summed E-state index contributed by atoms with van der Waals surface area (Å²) in [4.78, 5) is 13.2. The molecule has 0 saturated heterocycles. The highest BCUT2D eigenvalue weighted by molar-refractivity contribution is 7.99. The van der Waals surface area contributed by atoms with Crippen molar-refractivity contribution in [3.05, 3.63) is 59.7 Å². The van der Waals surface area contributed by atoms with Gasteiger partial charge in [0.05, 0.1) is 18.3 Å². The van der Waals surface area contributed by atoms with Crippen molar-refractivity contribution in [3.63, 3.8) is 0 Å². The molecule has 0 heterocycles. The Morgan fingerprint density at radius 2 is 1.74 bits per heavy atom. The molecule has 3 nitrogen and oxygen atoms in total. The number of para-hydroxylation sites is 1. The Balaban J connectivity index is 1.92. The monoisotopic (exact) mass is 405 g/mol. The van der Waals surface area contributed by atoms with Crippen LogP contribution < -0.4 is 10.2 Å². The molecule has 1 amide bonds. The number of thioether (sulfide) groups is 1. The number of amides is 1. The fraction of sp³-hybridized carbons (Fsp3) is 0.278. The smallest absolute Gasteiger partial charge is 0.326 e. The normalized spacial score (nSPS) is 12.9. The van der Waals surface area contributed by atoms with E-state index in [2.05, 4.69) is 5.32 Å². The van der Waals surface area contributed by atoms with Crippen LogP contribution in [-0.4, -0.2) is 25.3 Å². The average Bonchev–Trinajstić information content (AvgIpc) is 2.55. The van der Waals surface area contributed by atoms with Gasteiger partial charge in [0.15, 0.2) is 6.54 Å². The van der Waals surface area contributed by atoms with Crippen LogP contribution in [0.5, 0.6) is 0 Å². The maximum atomic E-state index is 12.6. The van der Waals surface area contributed by atoms with Gasteiger partial charge in [0.2, 0.25) is 0 Å². The Labute approximate surface area is 157 Å². The second kappa shape index (κ2) is 9.18. The van der Waals surface area contributed by atoms with Gasteiger partial charge in [-0.05, 0) is 24.3 Å².